The van der Waals surface area contributed by atoms with Crippen LogP contribution in [-0.2, 0) is 4.79 Å². The standard InChI is InChI=1S/C12H20N4O2.ClH/c17-11(15-12(18)14-10-1-2-10)7-16-5-8-3-13-4-9(8)6-16;/h8-10,13H,1-7H2,(H2,14,15,17,18);1H/t8-,9+;. The van der Waals surface area contributed by atoms with Crippen LogP contribution in [0.4, 0.5) is 4.79 Å². The number of carbonyl (C=O) groups excluding carboxylic acids is 2. The fraction of sp³-hybridized carbons (Fsp3) is 0.833. The topological polar surface area (TPSA) is 73.5 Å². The van der Waals surface area contributed by atoms with E-state index < -0.39 is 0 Å². The van der Waals surface area contributed by atoms with Crippen molar-refractivity contribution < 1.29 is 9.59 Å². The largest absolute Gasteiger partial charge is 0.335 e. The highest BCUT2D eigenvalue weighted by atomic mass is 35.5. The molecule has 7 heteroatoms. The van der Waals surface area contributed by atoms with Crippen LogP contribution in [0.2, 0.25) is 0 Å². The molecule has 3 fully saturated rings. The van der Waals surface area contributed by atoms with E-state index >= 15 is 0 Å². The Labute approximate surface area is 119 Å². The van der Waals surface area contributed by atoms with Crippen molar-refractivity contribution in [2.75, 3.05) is 32.7 Å². The number of imide groups is 1. The number of nitrogens with one attached hydrogen (secondary N) is 3. The summed E-state index contributed by atoms with van der Waals surface area (Å²) in [6.45, 7) is 4.39. The summed E-state index contributed by atoms with van der Waals surface area (Å²) in [5.74, 6) is 1.16. The van der Waals surface area contributed by atoms with E-state index in [1.807, 2.05) is 0 Å². The van der Waals surface area contributed by atoms with E-state index in [1.165, 1.54) is 0 Å². The third-order valence-electron chi connectivity index (χ3n) is 4.00. The van der Waals surface area contributed by atoms with Crippen LogP contribution < -0.4 is 16.0 Å². The molecule has 1 aliphatic carbocycles. The monoisotopic (exact) mass is 288 g/mol. The Balaban J connectivity index is 0.00000133. The number of hydrogen-bond acceptors (Lipinski definition) is 4. The van der Waals surface area contributed by atoms with Gasteiger partial charge in [-0.25, -0.2) is 4.79 Å². The highest BCUT2D eigenvalue weighted by molar-refractivity contribution is 5.95. The average molecular weight is 289 g/mol. The van der Waals surface area contributed by atoms with Gasteiger partial charge in [0.15, 0.2) is 0 Å². The summed E-state index contributed by atoms with van der Waals surface area (Å²) >= 11 is 0. The van der Waals surface area contributed by atoms with Crippen molar-refractivity contribution in [1.29, 1.82) is 0 Å². The summed E-state index contributed by atoms with van der Waals surface area (Å²) in [5.41, 5.74) is 0. The van der Waals surface area contributed by atoms with Gasteiger partial charge in [0.2, 0.25) is 5.91 Å². The van der Waals surface area contributed by atoms with E-state index in [0.717, 1.165) is 39.0 Å². The van der Waals surface area contributed by atoms with Crippen LogP contribution >= 0.6 is 12.4 Å². The molecule has 6 nitrogen and oxygen atoms in total. The van der Waals surface area contributed by atoms with Gasteiger partial charge in [-0.15, -0.1) is 12.4 Å². The van der Waals surface area contributed by atoms with Crippen molar-refractivity contribution >= 4 is 24.3 Å². The van der Waals surface area contributed by atoms with Crippen LogP contribution in [0.15, 0.2) is 0 Å². The molecule has 2 heterocycles. The van der Waals surface area contributed by atoms with Crippen molar-refractivity contribution in [3.05, 3.63) is 0 Å². The lowest BCUT2D eigenvalue weighted by molar-refractivity contribution is -0.121. The van der Waals surface area contributed by atoms with Crippen molar-refractivity contribution in [2.24, 2.45) is 11.8 Å². The van der Waals surface area contributed by atoms with E-state index in [9.17, 15) is 9.59 Å². The highest BCUT2D eigenvalue weighted by Gasteiger charge is 2.36. The zero-order valence-corrected chi connectivity index (χ0v) is 11.7. The second-order valence-electron chi connectivity index (χ2n) is 5.67. The van der Waals surface area contributed by atoms with Gasteiger partial charge in [0.05, 0.1) is 6.54 Å². The molecule has 3 rings (SSSR count). The van der Waals surface area contributed by atoms with Gasteiger partial charge in [0.1, 0.15) is 0 Å². The number of rotatable bonds is 3. The molecule has 0 bridgehead atoms. The summed E-state index contributed by atoms with van der Waals surface area (Å²) in [7, 11) is 0. The summed E-state index contributed by atoms with van der Waals surface area (Å²) in [6.07, 6.45) is 2.06. The van der Waals surface area contributed by atoms with Gasteiger partial charge in [-0.2, -0.15) is 0 Å². The van der Waals surface area contributed by atoms with Gasteiger partial charge >= 0.3 is 6.03 Å². The smallest absolute Gasteiger partial charge is 0.321 e. The van der Waals surface area contributed by atoms with Crippen LogP contribution in [0.5, 0.6) is 0 Å². The molecule has 2 aliphatic heterocycles. The fourth-order valence-electron chi connectivity index (χ4n) is 2.90. The number of urea groups is 1. The first-order valence-electron chi connectivity index (χ1n) is 6.74. The predicted molar refractivity (Wildman–Crippen MR) is 73.2 cm³/mol. The normalized spacial score (nSPS) is 29.5. The maximum atomic E-state index is 11.7. The second kappa shape index (κ2) is 6.07. The van der Waals surface area contributed by atoms with E-state index in [2.05, 4.69) is 20.9 Å². The Morgan fingerprint density at radius 1 is 1.16 bits per heavy atom. The third-order valence-corrected chi connectivity index (χ3v) is 4.00. The molecular weight excluding hydrogens is 268 g/mol. The van der Waals surface area contributed by atoms with E-state index in [-0.39, 0.29) is 30.4 Å². The Hall–Kier alpha value is -0.850. The lowest BCUT2D eigenvalue weighted by Crippen LogP contribution is -2.45. The molecule has 2 atom stereocenters. The fourth-order valence-corrected chi connectivity index (χ4v) is 2.90. The molecular formula is C12H21ClN4O2. The second-order valence-corrected chi connectivity index (χ2v) is 5.67. The zero-order chi connectivity index (χ0) is 12.5. The maximum absolute atomic E-state index is 11.7. The van der Waals surface area contributed by atoms with Crippen LogP contribution in [-0.4, -0.2) is 55.6 Å². The Kier molecular flexibility index (Phi) is 4.65. The average Bonchev–Trinajstić information content (AvgIpc) is 2.84. The first-order valence-corrected chi connectivity index (χ1v) is 6.74. The first-order chi connectivity index (χ1) is 8.70. The molecule has 0 aromatic rings. The van der Waals surface area contributed by atoms with Crippen LogP contribution in [0, 0.1) is 11.8 Å². The summed E-state index contributed by atoms with van der Waals surface area (Å²) in [5, 5.41) is 8.52. The van der Waals surface area contributed by atoms with Gasteiger partial charge in [0.25, 0.3) is 0 Å². The van der Waals surface area contributed by atoms with Crippen LogP contribution in [0.25, 0.3) is 0 Å². The van der Waals surface area contributed by atoms with E-state index in [1.54, 1.807) is 0 Å². The molecule has 0 aromatic heterocycles. The van der Waals surface area contributed by atoms with Gasteiger partial charge in [-0.3, -0.25) is 15.0 Å². The first kappa shape index (κ1) is 14.6. The van der Waals surface area contributed by atoms with Crippen molar-refractivity contribution in [3.8, 4) is 0 Å². The van der Waals surface area contributed by atoms with E-state index in [0.29, 0.717) is 18.4 Å². The zero-order valence-electron chi connectivity index (χ0n) is 10.9. The molecule has 2 saturated heterocycles. The minimum atomic E-state index is -0.344. The van der Waals surface area contributed by atoms with Gasteiger partial charge in [-0.1, -0.05) is 0 Å². The molecule has 3 N–H and O–H groups in total. The molecule has 0 spiro atoms. The number of nitrogens with zero attached hydrogens (tertiary/aromatic N) is 1. The van der Waals surface area contributed by atoms with Crippen molar-refractivity contribution in [2.45, 2.75) is 18.9 Å². The van der Waals surface area contributed by atoms with Gasteiger partial charge in [0, 0.05) is 19.1 Å². The lowest BCUT2D eigenvalue weighted by atomic mass is 10.0. The Morgan fingerprint density at radius 3 is 2.37 bits per heavy atom. The number of hydrogen-bond donors (Lipinski definition) is 3. The molecule has 1 saturated carbocycles. The highest BCUT2D eigenvalue weighted by Crippen LogP contribution is 2.25. The maximum Gasteiger partial charge on any atom is 0.321 e. The minimum absolute atomic E-state index is 0. The minimum Gasteiger partial charge on any atom is -0.335 e. The number of halogens is 1. The molecule has 19 heavy (non-hydrogen) atoms. The van der Waals surface area contributed by atoms with Crippen molar-refractivity contribution in [1.82, 2.24) is 20.9 Å². The van der Waals surface area contributed by atoms with Crippen molar-refractivity contribution in [3.63, 3.8) is 0 Å². The number of likely N-dealkylation sites (tertiary alicyclic amines) is 1. The third kappa shape index (κ3) is 3.81. The Bertz CT molecular complexity index is 350. The van der Waals surface area contributed by atoms with Gasteiger partial charge < -0.3 is 10.6 Å². The molecule has 108 valence electrons. The Morgan fingerprint density at radius 2 is 1.79 bits per heavy atom. The quantitative estimate of drug-likeness (QED) is 0.658. The predicted octanol–water partition coefficient (Wildman–Crippen LogP) is -0.452. The molecule has 0 aromatic carbocycles. The molecule has 3 amide bonds. The molecule has 0 unspecified atom stereocenters. The summed E-state index contributed by atoms with van der Waals surface area (Å²) in [6, 6.07) is -0.0569. The number of fused-ring (bicyclic) bond motifs is 1. The van der Waals surface area contributed by atoms with Gasteiger partial charge in [-0.05, 0) is 37.8 Å². The molecule has 0 radical (unpaired) electrons. The summed E-state index contributed by atoms with van der Waals surface area (Å²) in [4.78, 5) is 25.3. The van der Waals surface area contributed by atoms with Crippen LogP contribution in [0.1, 0.15) is 12.8 Å². The SMILES string of the molecule is Cl.O=C(CN1C[C@H]2CNC[C@H]2C1)NC(=O)NC1CC1. The lowest BCUT2D eigenvalue weighted by Gasteiger charge is -2.16. The van der Waals surface area contributed by atoms with Crippen LogP contribution in [0.3, 0.4) is 0 Å². The van der Waals surface area contributed by atoms with E-state index in [4.69, 9.17) is 0 Å². The number of carbonyl (C=O) groups is 2. The number of amides is 3. The molecule has 3 aliphatic rings. The summed E-state index contributed by atoms with van der Waals surface area (Å²) < 4.78 is 0.